The maximum Gasteiger partial charge on any atom is 0.303 e. The first kappa shape index (κ1) is 13.5. The summed E-state index contributed by atoms with van der Waals surface area (Å²) >= 11 is 0. The van der Waals surface area contributed by atoms with Crippen molar-refractivity contribution in [1.29, 1.82) is 0 Å². The quantitative estimate of drug-likeness (QED) is 0.604. The topological polar surface area (TPSA) is 37.3 Å². The second kappa shape index (κ2) is 6.86. The van der Waals surface area contributed by atoms with E-state index in [4.69, 9.17) is 5.11 Å². The molecule has 0 aromatic carbocycles. The van der Waals surface area contributed by atoms with Crippen LogP contribution in [0.25, 0.3) is 0 Å². The highest BCUT2D eigenvalue weighted by Gasteiger charge is 2.22. The van der Waals surface area contributed by atoms with E-state index in [1.807, 2.05) is 0 Å². The summed E-state index contributed by atoms with van der Waals surface area (Å²) in [5, 5.41) is 8.51. The molecular formula is C12H24O2. The second-order valence-corrected chi connectivity index (χ2v) is 4.16. The zero-order valence-electron chi connectivity index (χ0n) is 9.81. The number of hydrogen-bond acceptors (Lipinski definition) is 1. The van der Waals surface area contributed by atoms with Crippen molar-refractivity contribution in [2.24, 2.45) is 5.41 Å². The molecule has 1 N–H and O–H groups in total. The van der Waals surface area contributed by atoms with Gasteiger partial charge in [-0.3, -0.25) is 4.79 Å². The van der Waals surface area contributed by atoms with Crippen molar-refractivity contribution in [3.05, 3.63) is 0 Å². The first-order chi connectivity index (χ1) is 6.60. The Morgan fingerprint density at radius 3 is 1.93 bits per heavy atom. The van der Waals surface area contributed by atoms with E-state index in [0.29, 0.717) is 11.8 Å². The van der Waals surface area contributed by atoms with Crippen LogP contribution in [0.2, 0.25) is 0 Å². The van der Waals surface area contributed by atoms with Crippen LogP contribution >= 0.6 is 0 Å². The molecule has 0 aromatic rings. The fraction of sp³-hybridized carbons (Fsp3) is 0.917. The van der Waals surface area contributed by atoms with Crippen LogP contribution in [-0.2, 0) is 4.79 Å². The lowest BCUT2D eigenvalue weighted by Crippen LogP contribution is -2.17. The van der Waals surface area contributed by atoms with Gasteiger partial charge in [-0.15, -0.1) is 0 Å². The minimum Gasteiger partial charge on any atom is -0.481 e. The molecule has 0 aromatic heterocycles. The lowest BCUT2D eigenvalue weighted by molar-refractivity contribution is -0.137. The van der Waals surface area contributed by atoms with E-state index in [1.54, 1.807) is 0 Å². The predicted molar refractivity (Wildman–Crippen MR) is 59.4 cm³/mol. The largest absolute Gasteiger partial charge is 0.481 e. The first-order valence-electron chi connectivity index (χ1n) is 5.82. The number of unbranched alkanes of at least 4 members (excludes halogenated alkanes) is 1. The molecule has 2 heteroatoms. The number of carbonyl (C=O) groups is 1. The van der Waals surface area contributed by atoms with E-state index in [-0.39, 0.29) is 0 Å². The number of rotatable bonds is 8. The van der Waals surface area contributed by atoms with Crippen molar-refractivity contribution in [3.63, 3.8) is 0 Å². The summed E-state index contributed by atoms with van der Waals surface area (Å²) < 4.78 is 0. The summed E-state index contributed by atoms with van der Waals surface area (Å²) in [6, 6.07) is 0. The molecule has 0 radical (unpaired) electrons. The molecule has 0 aliphatic heterocycles. The van der Waals surface area contributed by atoms with E-state index >= 15 is 0 Å². The van der Waals surface area contributed by atoms with Crippen LogP contribution in [0, 0.1) is 5.41 Å². The number of aliphatic carboxylic acids is 1. The normalized spacial score (nSPS) is 11.6. The van der Waals surface area contributed by atoms with Gasteiger partial charge in [0.1, 0.15) is 0 Å². The van der Waals surface area contributed by atoms with Gasteiger partial charge >= 0.3 is 5.97 Å². The average molecular weight is 200 g/mol. The standard InChI is InChI=1S/C12H24O2/c1-4-12(5-2,6-3)10-8-7-9-11(13)14/h4-10H2,1-3H3,(H,13,14). The van der Waals surface area contributed by atoms with Gasteiger partial charge in [-0.25, -0.2) is 0 Å². The van der Waals surface area contributed by atoms with E-state index in [2.05, 4.69) is 20.8 Å². The maximum absolute atomic E-state index is 10.3. The number of carboxylic acid groups (broad SMARTS) is 1. The van der Waals surface area contributed by atoms with Gasteiger partial charge in [0.05, 0.1) is 0 Å². The Morgan fingerprint density at radius 2 is 1.57 bits per heavy atom. The van der Waals surface area contributed by atoms with Crippen LogP contribution in [0.4, 0.5) is 0 Å². The van der Waals surface area contributed by atoms with Gasteiger partial charge in [0.2, 0.25) is 0 Å². The summed E-state index contributed by atoms with van der Waals surface area (Å²) in [5.74, 6) is -0.667. The van der Waals surface area contributed by atoms with Crippen LogP contribution in [0.15, 0.2) is 0 Å². The molecular weight excluding hydrogens is 176 g/mol. The van der Waals surface area contributed by atoms with Gasteiger partial charge in [0, 0.05) is 6.42 Å². The highest BCUT2D eigenvalue weighted by atomic mass is 16.4. The molecule has 0 heterocycles. The molecule has 2 nitrogen and oxygen atoms in total. The number of carboxylic acids is 1. The van der Waals surface area contributed by atoms with Crippen LogP contribution in [0.5, 0.6) is 0 Å². The molecule has 14 heavy (non-hydrogen) atoms. The molecule has 0 rings (SSSR count). The SMILES string of the molecule is CCC(CC)(CC)CCCCC(=O)O. The predicted octanol–water partition coefficient (Wildman–Crippen LogP) is 3.85. The van der Waals surface area contributed by atoms with Crippen molar-refractivity contribution in [3.8, 4) is 0 Å². The third-order valence-electron chi connectivity index (χ3n) is 3.60. The minimum absolute atomic E-state index is 0.327. The summed E-state index contributed by atoms with van der Waals surface area (Å²) in [4.78, 5) is 10.3. The second-order valence-electron chi connectivity index (χ2n) is 4.16. The Labute approximate surface area is 87.7 Å². The first-order valence-corrected chi connectivity index (χ1v) is 5.82. The molecule has 0 unspecified atom stereocenters. The average Bonchev–Trinajstić information content (AvgIpc) is 2.19. The Hall–Kier alpha value is -0.530. The molecule has 0 spiro atoms. The Morgan fingerprint density at radius 1 is 1.07 bits per heavy atom. The van der Waals surface area contributed by atoms with Gasteiger partial charge < -0.3 is 5.11 Å². The molecule has 0 amide bonds. The summed E-state index contributed by atoms with van der Waals surface area (Å²) in [6.45, 7) is 6.72. The molecule has 0 aliphatic carbocycles. The van der Waals surface area contributed by atoms with Crippen LogP contribution < -0.4 is 0 Å². The van der Waals surface area contributed by atoms with E-state index in [1.165, 1.54) is 25.7 Å². The smallest absolute Gasteiger partial charge is 0.303 e. The highest BCUT2D eigenvalue weighted by Crippen LogP contribution is 2.35. The monoisotopic (exact) mass is 200 g/mol. The van der Waals surface area contributed by atoms with Crippen molar-refractivity contribution >= 4 is 5.97 Å². The van der Waals surface area contributed by atoms with Crippen molar-refractivity contribution in [2.45, 2.75) is 65.7 Å². The molecule has 0 saturated heterocycles. The van der Waals surface area contributed by atoms with Gasteiger partial charge in [-0.1, -0.05) is 46.5 Å². The fourth-order valence-corrected chi connectivity index (χ4v) is 2.06. The van der Waals surface area contributed by atoms with Gasteiger partial charge in [0.15, 0.2) is 0 Å². The van der Waals surface area contributed by atoms with Gasteiger partial charge in [-0.05, 0) is 18.3 Å². The van der Waals surface area contributed by atoms with Crippen molar-refractivity contribution in [2.75, 3.05) is 0 Å². The van der Waals surface area contributed by atoms with Crippen molar-refractivity contribution in [1.82, 2.24) is 0 Å². The lowest BCUT2D eigenvalue weighted by atomic mass is 9.76. The molecule has 0 bridgehead atoms. The van der Waals surface area contributed by atoms with Crippen LogP contribution in [-0.4, -0.2) is 11.1 Å². The van der Waals surface area contributed by atoms with E-state index < -0.39 is 5.97 Å². The summed E-state index contributed by atoms with van der Waals surface area (Å²) in [7, 11) is 0. The summed E-state index contributed by atoms with van der Waals surface area (Å²) in [5.41, 5.74) is 0.471. The van der Waals surface area contributed by atoms with E-state index in [9.17, 15) is 4.79 Å². The Kier molecular flexibility index (Phi) is 6.60. The lowest BCUT2D eigenvalue weighted by Gasteiger charge is -2.30. The highest BCUT2D eigenvalue weighted by molar-refractivity contribution is 5.66. The van der Waals surface area contributed by atoms with E-state index in [0.717, 1.165) is 12.8 Å². The third kappa shape index (κ3) is 4.64. The maximum atomic E-state index is 10.3. The molecule has 0 aliphatic rings. The molecule has 0 atom stereocenters. The van der Waals surface area contributed by atoms with Gasteiger partial charge in [-0.2, -0.15) is 0 Å². The van der Waals surface area contributed by atoms with Crippen LogP contribution in [0.1, 0.15) is 65.7 Å². The fourth-order valence-electron chi connectivity index (χ4n) is 2.06. The Bertz CT molecular complexity index is 151. The van der Waals surface area contributed by atoms with Gasteiger partial charge in [0.25, 0.3) is 0 Å². The molecule has 0 fully saturated rings. The minimum atomic E-state index is -0.667. The number of hydrogen-bond donors (Lipinski definition) is 1. The van der Waals surface area contributed by atoms with Crippen LogP contribution in [0.3, 0.4) is 0 Å². The molecule has 0 saturated carbocycles. The zero-order chi connectivity index (χ0) is 11.0. The Balaban J connectivity index is 3.77. The van der Waals surface area contributed by atoms with Crippen molar-refractivity contribution < 1.29 is 9.90 Å². The molecule has 84 valence electrons. The third-order valence-corrected chi connectivity index (χ3v) is 3.60. The zero-order valence-corrected chi connectivity index (χ0v) is 9.81. The summed E-state index contributed by atoms with van der Waals surface area (Å²) in [6.07, 6.45) is 7.04.